The third-order valence-electron chi connectivity index (χ3n) is 3.44. The molecule has 2 aromatic rings. The summed E-state index contributed by atoms with van der Waals surface area (Å²) >= 11 is 5.91. The van der Waals surface area contributed by atoms with Crippen LogP contribution in [0.5, 0.6) is 11.5 Å². The molecule has 110 valence electrons. The van der Waals surface area contributed by atoms with Crippen LogP contribution in [0, 0.1) is 0 Å². The summed E-state index contributed by atoms with van der Waals surface area (Å²) in [4.78, 5) is 2.08. The summed E-state index contributed by atoms with van der Waals surface area (Å²) < 4.78 is 11.1. The maximum absolute atomic E-state index is 6.12. The molecule has 2 aromatic carbocycles. The van der Waals surface area contributed by atoms with E-state index in [1.54, 1.807) is 0 Å². The molecule has 0 bridgehead atoms. The van der Waals surface area contributed by atoms with E-state index in [9.17, 15) is 0 Å². The molecule has 1 aliphatic rings. The Kier molecular flexibility index (Phi) is 3.80. The van der Waals surface area contributed by atoms with Crippen LogP contribution in [-0.4, -0.2) is 20.3 Å². The van der Waals surface area contributed by atoms with Crippen LogP contribution in [0.2, 0.25) is 5.02 Å². The molecule has 1 heterocycles. The molecular formula is C16H17ClN2O2. The Morgan fingerprint density at radius 1 is 1.10 bits per heavy atom. The lowest BCUT2D eigenvalue weighted by molar-refractivity contribution is 0.172. The SMILES string of the molecule is CN(Cc1ccc(Cl)cc1)c1cc2c(cc1N)OCCO2. The summed E-state index contributed by atoms with van der Waals surface area (Å²) in [7, 11) is 2.00. The van der Waals surface area contributed by atoms with Crippen LogP contribution < -0.4 is 20.1 Å². The van der Waals surface area contributed by atoms with Gasteiger partial charge in [-0.25, -0.2) is 0 Å². The second-order valence-electron chi connectivity index (χ2n) is 5.04. The molecule has 2 N–H and O–H groups in total. The molecule has 0 radical (unpaired) electrons. The van der Waals surface area contributed by atoms with E-state index in [4.69, 9.17) is 26.8 Å². The zero-order valence-electron chi connectivity index (χ0n) is 11.8. The molecule has 0 atom stereocenters. The van der Waals surface area contributed by atoms with Crippen LogP contribution >= 0.6 is 11.6 Å². The fourth-order valence-electron chi connectivity index (χ4n) is 2.37. The first-order valence-electron chi connectivity index (χ1n) is 6.78. The van der Waals surface area contributed by atoms with Gasteiger partial charge >= 0.3 is 0 Å². The summed E-state index contributed by atoms with van der Waals surface area (Å²) in [5.41, 5.74) is 8.89. The number of fused-ring (bicyclic) bond motifs is 1. The zero-order chi connectivity index (χ0) is 14.8. The standard InChI is InChI=1S/C16H17ClN2O2/c1-19(10-11-2-4-12(17)5-3-11)14-9-16-15(8-13(14)18)20-6-7-21-16/h2-5,8-9H,6-7,10,18H2,1H3. The lowest BCUT2D eigenvalue weighted by Gasteiger charge is -2.25. The number of anilines is 2. The van der Waals surface area contributed by atoms with E-state index in [1.165, 1.54) is 0 Å². The van der Waals surface area contributed by atoms with Crippen molar-refractivity contribution in [1.82, 2.24) is 0 Å². The quantitative estimate of drug-likeness (QED) is 0.884. The Morgan fingerprint density at radius 2 is 1.71 bits per heavy atom. The maximum atomic E-state index is 6.12. The highest BCUT2D eigenvalue weighted by molar-refractivity contribution is 6.30. The summed E-state index contributed by atoms with van der Waals surface area (Å²) in [5.74, 6) is 1.45. The Balaban J connectivity index is 1.83. The van der Waals surface area contributed by atoms with Crippen LogP contribution in [0.3, 0.4) is 0 Å². The minimum Gasteiger partial charge on any atom is -0.486 e. The molecular weight excluding hydrogens is 288 g/mol. The van der Waals surface area contributed by atoms with E-state index in [1.807, 2.05) is 43.4 Å². The highest BCUT2D eigenvalue weighted by Crippen LogP contribution is 2.38. The van der Waals surface area contributed by atoms with Gasteiger partial charge in [-0.05, 0) is 17.7 Å². The van der Waals surface area contributed by atoms with E-state index < -0.39 is 0 Å². The summed E-state index contributed by atoms with van der Waals surface area (Å²) in [5, 5.41) is 0.736. The highest BCUT2D eigenvalue weighted by atomic mass is 35.5. The molecule has 0 unspecified atom stereocenters. The van der Waals surface area contributed by atoms with Gasteiger partial charge in [0.2, 0.25) is 0 Å². The molecule has 5 heteroatoms. The number of nitrogens with two attached hydrogens (primary N) is 1. The minimum absolute atomic E-state index is 0.562. The summed E-state index contributed by atoms with van der Waals surface area (Å²) in [6, 6.07) is 11.5. The van der Waals surface area contributed by atoms with Crippen molar-refractivity contribution in [2.75, 3.05) is 30.9 Å². The van der Waals surface area contributed by atoms with Crippen molar-refractivity contribution >= 4 is 23.0 Å². The smallest absolute Gasteiger partial charge is 0.163 e. The average molecular weight is 305 g/mol. The van der Waals surface area contributed by atoms with E-state index in [2.05, 4.69) is 4.90 Å². The summed E-state index contributed by atoms with van der Waals surface area (Å²) in [6.07, 6.45) is 0. The molecule has 0 amide bonds. The molecule has 0 saturated carbocycles. The van der Waals surface area contributed by atoms with Crippen LogP contribution in [0.25, 0.3) is 0 Å². The first-order valence-corrected chi connectivity index (χ1v) is 7.16. The second-order valence-corrected chi connectivity index (χ2v) is 5.47. The number of ether oxygens (including phenoxy) is 2. The lowest BCUT2D eigenvalue weighted by Crippen LogP contribution is -2.20. The van der Waals surface area contributed by atoms with Crippen molar-refractivity contribution in [1.29, 1.82) is 0 Å². The Bertz CT molecular complexity index is 643. The van der Waals surface area contributed by atoms with E-state index in [0.717, 1.165) is 28.6 Å². The molecule has 3 rings (SSSR count). The third-order valence-corrected chi connectivity index (χ3v) is 3.69. The molecule has 21 heavy (non-hydrogen) atoms. The van der Waals surface area contributed by atoms with Gasteiger partial charge in [-0.15, -0.1) is 0 Å². The molecule has 0 saturated heterocycles. The Labute approximate surface area is 129 Å². The average Bonchev–Trinajstić information content (AvgIpc) is 2.49. The lowest BCUT2D eigenvalue weighted by atomic mass is 10.1. The van der Waals surface area contributed by atoms with Crippen molar-refractivity contribution in [3.05, 3.63) is 47.0 Å². The van der Waals surface area contributed by atoms with Crippen LogP contribution in [0.4, 0.5) is 11.4 Å². The number of hydrogen-bond donors (Lipinski definition) is 1. The second kappa shape index (κ2) is 5.74. The fraction of sp³-hybridized carbons (Fsp3) is 0.250. The number of benzene rings is 2. The Morgan fingerprint density at radius 3 is 2.38 bits per heavy atom. The van der Waals surface area contributed by atoms with Gasteiger partial charge in [0.05, 0.1) is 11.4 Å². The topological polar surface area (TPSA) is 47.7 Å². The number of rotatable bonds is 3. The van der Waals surface area contributed by atoms with Gasteiger partial charge in [-0.2, -0.15) is 0 Å². The predicted molar refractivity (Wildman–Crippen MR) is 85.4 cm³/mol. The van der Waals surface area contributed by atoms with E-state index >= 15 is 0 Å². The first kappa shape index (κ1) is 13.9. The van der Waals surface area contributed by atoms with Crippen molar-refractivity contribution in [3.63, 3.8) is 0 Å². The highest BCUT2D eigenvalue weighted by Gasteiger charge is 2.16. The van der Waals surface area contributed by atoms with E-state index in [0.29, 0.717) is 24.7 Å². The zero-order valence-corrected chi connectivity index (χ0v) is 12.6. The molecule has 0 fully saturated rings. The van der Waals surface area contributed by atoms with E-state index in [-0.39, 0.29) is 0 Å². The number of hydrogen-bond acceptors (Lipinski definition) is 4. The van der Waals surface area contributed by atoms with Crippen molar-refractivity contribution in [2.45, 2.75) is 6.54 Å². The van der Waals surface area contributed by atoms with Gasteiger partial charge < -0.3 is 20.1 Å². The normalized spacial score (nSPS) is 13.0. The molecule has 0 aliphatic carbocycles. The third kappa shape index (κ3) is 3.00. The number of nitrogens with zero attached hydrogens (tertiary/aromatic N) is 1. The largest absolute Gasteiger partial charge is 0.486 e. The maximum Gasteiger partial charge on any atom is 0.163 e. The van der Waals surface area contributed by atoms with Gasteiger partial charge in [-0.1, -0.05) is 23.7 Å². The van der Waals surface area contributed by atoms with Gasteiger partial charge in [0.1, 0.15) is 13.2 Å². The molecule has 0 spiro atoms. The van der Waals surface area contributed by atoms with Crippen LogP contribution in [0.1, 0.15) is 5.56 Å². The summed E-state index contributed by atoms with van der Waals surface area (Å²) in [6.45, 7) is 1.87. The van der Waals surface area contributed by atoms with Crippen molar-refractivity contribution < 1.29 is 9.47 Å². The molecule has 1 aliphatic heterocycles. The van der Waals surface area contributed by atoms with Crippen LogP contribution in [-0.2, 0) is 6.54 Å². The van der Waals surface area contributed by atoms with Gasteiger partial charge in [0.15, 0.2) is 11.5 Å². The fourth-order valence-corrected chi connectivity index (χ4v) is 2.50. The predicted octanol–water partition coefficient (Wildman–Crippen LogP) is 3.33. The molecule has 4 nitrogen and oxygen atoms in total. The number of halogens is 1. The van der Waals surface area contributed by atoms with Crippen molar-refractivity contribution in [3.8, 4) is 11.5 Å². The monoisotopic (exact) mass is 304 g/mol. The Hall–Kier alpha value is -2.07. The molecule has 0 aromatic heterocycles. The van der Waals surface area contributed by atoms with Gasteiger partial charge in [0.25, 0.3) is 0 Å². The van der Waals surface area contributed by atoms with Gasteiger partial charge in [0, 0.05) is 30.7 Å². The minimum atomic E-state index is 0.562. The van der Waals surface area contributed by atoms with Crippen LogP contribution in [0.15, 0.2) is 36.4 Å². The number of nitrogen functional groups attached to an aromatic ring is 1. The van der Waals surface area contributed by atoms with Crippen molar-refractivity contribution in [2.24, 2.45) is 0 Å². The first-order chi connectivity index (χ1) is 10.1. The van der Waals surface area contributed by atoms with Gasteiger partial charge in [-0.3, -0.25) is 0 Å².